The number of H-pyrrole nitrogens is 1. The first-order valence-corrected chi connectivity index (χ1v) is 9.10. The van der Waals surface area contributed by atoms with Gasteiger partial charge in [-0.1, -0.05) is 18.2 Å². The predicted octanol–water partition coefficient (Wildman–Crippen LogP) is 4.67. The summed E-state index contributed by atoms with van der Waals surface area (Å²) in [5.41, 5.74) is 5.06. The summed E-state index contributed by atoms with van der Waals surface area (Å²) in [5, 5.41) is 15.1. The fraction of sp³-hybridized carbons (Fsp3) is 0.158. The Morgan fingerprint density at radius 2 is 2.16 bits per heavy atom. The molecule has 4 aromatic rings. The number of aromatic amines is 1. The molecule has 6 heteroatoms. The Morgan fingerprint density at radius 3 is 2.92 bits per heavy atom. The summed E-state index contributed by atoms with van der Waals surface area (Å²) in [6, 6.07) is 12.1. The first-order chi connectivity index (χ1) is 12.2. The molecule has 0 spiro atoms. The smallest absolute Gasteiger partial charge is 0.257 e. The van der Waals surface area contributed by atoms with Gasteiger partial charge in [0.2, 0.25) is 0 Å². The molecule has 0 radical (unpaired) electrons. The molecule has 5 nitrogen and oxygen atoms in total. The van der Waals surface area contributed by atoms with Gasteiger partial charge in [0, 0.05) is 28.9 Å². The number of carbonyl (C=O) groups excluding carboxylic acids is 1. The zero-order chi connectivity index (χ0) is 17.4. The number of nitrogens with one attached hydrogen (secondary N) is 2. The summed E-state index contributed by atoms with van der Waals surface area (Å²) < 4.78 is 2.27. The van der Waals surface area contributed by atoms with E-state index in [0.717, 1.165) is 17.9 Å². The molecule has 25 heavy (non-hydrogen) atoms. The van der Waals surface area contributed by atoms with E-state index < -0.39 is 0 Å². The van der Waals surface area contributed by atoms with Crippen molar-refractivity contribution in [3.05, 3.63) is 58.3 Å². The largest absolute Gasteiger partial charge is 0.339 e. The van der Waals surface area contributed by atoms with Gasteiger partial charge in [-0.2, -0.15) is 16.4 Å². The lowest BCUT2D eigenvalue weighted by atomic mass is 10.1. The summed E-state index contributed by atoms with van der Waals surface area (Å²) >= 11 is 1.50. The van der Waals surface area contributed by atoms with Gasteiger partial charge in [-0.25, -0.2) is 0 Å². The Morgan fingerprint density at radius 1 is 1.32 bits per heavy atom. The fourth-order valence-electron chi connectivity index (χ4n) is 3.24. The van der Waals surface area contributed by atoms with Crippen molar-refractivity contribution in [1.82, 2.24) is 14.8 Å². The highest BCUT2D eigenvalue weighted by Gasteiger charge is 2.17. The Kier molecular flexibility index (Phi) is 3.89. The number of thiophene rings is 1. The van der Waals surface area contributed by atoms with E-state index in [1.54, 1.807) is 6.07 Å². The van der Waals surface area contributed by atoms with Crippen LogP contribution < -0.4 is 5.32 Å². The molecule has 1 aromatic carbocycles. The third-order valence-corrected chi connectivity index (χ3v) is 5.08. The number of carbonyl (C=O) groups is 1. The normalized spacial score (nSPS) is 11.1. The van der Waals surface area contributed by atoms with Crippen LogP contribution in [0.25, 0.3) is 22.3 Å². The third-order valence-electron chi connectivity index (χ3n) is 4.40. The van der Waals surface area contributed by atoms with Crippen molar-refractivity contribution in [3.63, 3.8) is 0 Å². The van der Waals surface area contributed by atoms with Gasteiger partial charge in [-0.15, -0.1) is 0 Å². The van der Waals surface area contributed by atoms with Crippen LogP contribution >= 0.6 is 11.3 Å². The topological polar surface area (TPSA) is 62.7 Å². The van der Waals surface area contributed by atoms with E-state index in [1.807, 2.05) is 16.8 Å². The number of aryl methyl sites for hydroxylation is 2. The minimum absolute atomic E-state index is 0.146. The second-order valence-corrected chi connectivity index (χ2v) is 6.65. The fourth-order valence-corrected chi connectivity index (χ4v) is 3.88. The minimum atomic E-state index is -0.146. The van der Waals surface area contributed by atoms with Gasteiger partial charge in [0.25, 0.3) is 5.91 Å². The molecular weight excluding hydrogens is 332 g/mol. The first-order valence-electron chi connectivity index (χ1n) is 8.16. The van der Waals surface area contributed by atoms with Gasteiger partial charge in [-0.05, 0) is 36.9 Å². The number of para-hydroxylation sites is 1. The van der Waals surface area contributed by atoms with E-state index in [9.17, 15) is 4.79 Å². The van der Waals surface area contributed by atoms with E-state index in [-0.39, 0.29) is 5.91 Å². The SMILES string of the molecule is CCn1c(-c2cc(NC(=O)c3ccsc3)n[nH]2)c(C)c2ccccc21. The number of fused-ring (bicyclic) bond motifs is 1. The molecule has 0 atom stereocenters. The lowest BCUT2D eigenvalue weighted by molar-refractivity contribution is 0.102. The summed E-state index contributed by atoms with van der Waals surface area (Å²) in [4.78, 5) is 12.2. The number of benzene rings is 1. The highest BCUT2D eigenvalue weighted by atomic mass is 32.1. The third kappa shape index (κ3) is 2.64. The molecule has 3 heterocycles. The minimum Gasteiger partial charge on any atom is -0.339 e. The Labute approximate surface area is 149 Å². The average Bonchev–Trinajstić information content (AvgIpc) is 3.35. The molecule has 2 N–H and O–H groups in total. The molecular formula is C19H18N4OS. The lowest BCUT2D eigenvalue weighted by Crippen LogP contribution is -2.10. The number of rotatable bonds is 4. The van der Waals surface area contributed by atoms with Gasteiger partial charge in [0.15, 0.2) is 5.82 Å². The maximum absolute atomic E-state index is 12.2. The highest BCUT2D eigenvalue weighted by molar-refractivity contribution is 7.08. The molecule has 1 amide bonds. The van der Waals surface area contributed by atoms with E-state index in [0.29, 0.717) is 11.4 Å². The van der Waals surface area contributed by atoms with Gasteiger partial charge >= 0.3 is 0 Å². The monoisotopic (exact) mass is 350 g/mol. The number of amides is 1. The first kappa shape index (κ1) is 15.7. The van der Waals surface area contributed by atoms with Crippen molar-refractivity contribution in [1.29, 1.82) is 0 Å². The molecule has 0 bridgehead atoms. The van der Waals surface area contributed by atoms with Crippen LogP contribution in [0, 0.1) is 6.92 Å². The standard InChI is InChI=1S/C19H18N4OS/c1-3-23-16-7-5-4-6-14(16)12(2)18(23)15-10-17(22-21-15)20-19(24)13-8-9-25-11-13/h4-11H,3H2,1-2H3,(H2,20,21,22,24). The van der Waals surface area contributed by atoms with Crippen LogP contribution in [0.2, 0.25) is 0 Å². The number of hydrogen-bond donors (Lipinski definition) is 2. The van der Waals surface area contributed by atoms with Gasteiger partial charge in [0.1, 0.15) is 0 Å². The molecule has 3 aromatic heterocycles. The van der Waals surface area contributed by atoms with Crippen LogP contribution in [0.4, 0.5) is 5.82 Å². The molecule has 0 unspecified atom stereocenters. The zero-order valence-corrected chi connectivity index (χ0v) is 14.9. The van der Waals surface area contributed by atoms with Crippen molar-refractivity contribution >= 4 is 34.0 Å². The van der Waals surface area contributed by atoms with Crippen molar-refractivity contribution in [2.24, 2.45) is 0 Å². The van der Waals surface area contributed by atoms with Crippen LogP contribution in [0.3, 0.4) is 0 Å². The number of nitrogens with zero attached hydrogens (tertiary/aromatic N) is 2. The van der Waals surface area contributed by atoms with Crippen LogP contribution in [0.5, 0.6) is 0 Å². The van der Waals surface area contributed by atoms with E-state index in [1.165, 1.54) is 27.8 Å². The Balaban J connectivity index is 1.72. The summed E-state index contributed by atoms with van der Waals surface area (Å²) in [6.07, 6.45) is 0. The molecule has 0 fully saturated rings. The molecule has 4 rings (SSSR count). The van der Waals surface area contributed by atoms with Crippen molar-refractivity contribution < 1.29 is 4.79 Å². The van der Waals surface area contributed by atoms with Crippen LogP contribution in [-0.2, 0) is 6.54 Å². The lowest BCUT2D eigenvalue weighted by Gasteiger charge is -2.06. The van der Waals surface area contributed by atoms with Gasteiger partial charge < -0.3 is 9.88 Å². The maximum atomic E-state index is 12.2. The second kappa shape index (κ2) is 6.22. The van der Waals surface area contributed by atoms with Gasteiger partial charge in [0.05, 0.1) is 17.0 Å². The Hall–Kier alpha value is -2.86. The van der Waals surface area contributed by atoms with Crippen molar-refractivity contribution in [2.45, 2.75) is 20.4 Å². The molecule has 126 valence electrons. The molecule has 0 aliphatic heterocycles. The second-order valence-electron chi connectivity index (χ2n) is 5.87. The quantitative estimate of drug-likeness (QED) is 0.562. The van der Waals surface area contributed by atoms with Gasteiger partial charge in [-0.3, -0.25) is 9.89 Å². The Bertz CT molecular complexity index is 1040. The summed E-state index contributed by atoms with van der Waals surface area (Å²) in [7, 11) is 0. The predicted molar refractivity (Wildman–Crippen MR) is 102 cm³/mol. The number of aromatic nitrogens is 3. The molecule has 0 aliphatic rings. The molecule has 0 saturated heterocycles. The summed E-state index contributed by atoms with van der Waals surface area (Å²) in [6.45, 7) is 5.11. The maximum Gasteiger partial charge on any atom is 0.257 e. The van der Waals surface area contributed by atoms with Crippen LogP contribution in [0.1, 0.15) is 22.8 Å². The van der Waals surface area contributed by atoms with Crippen molar-refractivity contribution in [2.75, 3.05) is 5.32 Å². The van der Waals surface area contributed by atoms with Crippen LogP contribution in [-0.4, -0.2) is 20.7 Å². The van der Waals surface area contributed by atoms with Crippen molar-refractivity contribution in [3.8, 4) is 11.4 Å². The van der Waals surface area contributed by atoms with E-state index in [2.05, 4.69) is 58.2 Å². The molecule has 0 aliphatic carbocycles. The van der Waals surface area contributed by atoms with E-state index in [4.69, 9.17) is 0 Å². The van der Waals surface area contributed by atoms with E-state index >= 15 is 0 Å². The highest BCUT2D eigenvalue weighted by Crippen LogP contribution is 2.33. The van der Waals surface area contributed by atoms with Crippen LogP contribution in [0.15, 0.2) is 47.2 Å². The molecule has 0 saturated carbocycles. The average molecular weight is 350 g/mol. The summed E-state index contributed by atoms with van der Waals surface area (Å²) in [5.74, 6) is 0.380. The number of hydrogen-bond acceptors (Lipinski definition) is 3. The zero-order valence-electron chi connectivity index (χ0n) is 14.0. The number of anilines is 1.